The van der Waals surface area contributed by atoms with Crippen LogP contribution in [0.15, 0.2) is 18.2 Å². The molecule has 1 heterocycles. The van der Waals surface area contributed by atoms with Gasteiger partial charge >= 0.3 is 0 Å². The Morgan fingerprint density at radius 3 is 2.83 bits per heavy atom. The maximum Gasteiger partial charge on any atom is 0.231 e. The van der Waals surface area contributed by atoms with Gasteiger partial charge in [0.2, 0.25) is 6.79 Å². The summed E-state index contributed by atoms with van der Waals surface area (Å²) < 4.78 is 10.7. The summed E-state index contributed by atoms with van der Waals surface area (Å²) >= 11 is 0. The Labute approximate surface area is 109 Å². The lowest BCUT2D eigenvalue weighted by molar-refractivity contribution is 0.174. The third-order valence-electron chi connectivity index (χ3n) is 3.08. The predicted molar refractivity (Wildman–Crippen MR) is 72.1 cm³/mol. The maximum atomic E-state index is 5.38. The molecule has 1 aliphatic rings. The lowest BCUT2D eigenvalue weighted by Crippen LogP contribution is -2.29. The number of benzene rings is 1. The fourth-order valence-electron chi connectivity index (χ4n) is 1.98. The first-order chi connectivity index (χ1) is 8.81. The largest absolute Gasteiger partial charge is 0.454 e. The van der Waals surface area contributed by atoms with Crippen molar-refractivity contribution >= 4 is 0 Å². The van der Waals surface area contributed by atoms with Crippen molar-refractivity contribution in [2.45, 2.75) is 26.3 Å². The van der Waals surface area contributed by atoms with Gasteiger partial charge in [0.15, 0.2) is 11.5 Å². The molecule has 1 aromatic carbocycles. The summed E-state index contributed by atoms with van der Waals surface area (Å²) in [5.74, 6) is 1.70. The van der Waals surface area contributed by atoms with Crippen LogP contribution >= 0.6 is 0 Å². The Morgan fingerprint density at radius 2 is 2.00 bits per heavy atom. The highest BCUT2D eigenvalue weighted by atomic mass is 16.7. The lowest BCUT2D eigenvalue weighted by atomic mass is 10.1. The molecule has 100 valence electrons. The molecule has 1 aromatic rings. The van der Waals surface area contributed by atoms with Gasteiger partial charge in [0.25, 0.3) is 0 Å². The Balaban J connectivity index is 1.80. The Bertz CT molecular complexity index is 382. The second-order valence-electron chi connectivity index (χ2n) is 4.54. The van der Waals surface area contributed by atoms with E-state index in [1.54, 1.807) is 0 Å². The van der Waals surface area contributed by atoms with Crippen LogP contribution in [0.3, 0.4) is 0 Å². The molecule has 1 atom stereocenters. The number of ether oxygens (including phenoxy) is 2. The molecule has 4 nitrogen and oxygen atoms in total. The molecule has 18 heavy (non-hydrogen) atoms. The van der Waals surface area contributed by atoms with E-state index in [1.807, 2.05) is 6.07 Å². The number of rotatable bonds is 7. The van der Waals surface area contributed by atoms with Crippen molar-refractivity contribution < 1.29 is 9.47 Å². The molecule has 0 aliphatic carbocycles. The summed E-state index contributed by atoms with van der Waals surface area (Å²) in [6, 6.07) is 6.44. The average Bonchev–Trinajstić information content (AvgIpc) is 2.85. The molecule has 0 radical (unpaired) electrons. The minimum atomic E-state index is 0.322. The minimum Gasteiger partial charge on any atom is -0.454 e. The van der Waals surface area contributed by atoms with Gasteiger partial charge in [0.1, 0.15) is 0 Å². The summed E-state index contributed by atoms with van der Waals surface area (Å²) in [6.45, 7) is 7.73. The molecule has 2 N–H and O–H groups in total. The fraction of sp³-hybridized carbons (Fsp3) is 0.571. The van der Waals surface area contributed by atoms with E-state index in [-0.39, 0.29) is 0 Å². The van der Waals surface area contributed by atoms with Crippen molar-refractivity contribution in [1.29, 1.82) is 0 Å². The van der Waals surface area contributed by atoms with Crippen molar-refractivity contribution in [3.05, 3.63) is 23.8 Å². The van der Waals surface area contributed by atoms with E-state index < -0.39 is 0 Å². The Morgan fingerprint density at radius 1 is 1.17 bits per heavy atom. The number of nitrogens with one attached hydrogen (secondary N) is 2. The number of hydrogen-bond donors (Lipinski definition) is 2. The minimum absolute atomic E-state index is 0.322. The van der Waals surface area contributed by atoms with Gasteiger partial charge < -0.3 is 20.1 Å². The first kappa shape index (κ1) is 13.2. The highest BCUT2D eigenvalue weighted by molar-refractivity contribution is 5.45. The molecule has 0 aromatic heterocycles. The topological polar surface area (TPSA) is 42.5 Å². The van der Waals surface area contributed by atoms with Gasteiger partial charge in [0.05, 0.1) is 0 Å². The Hall–Kier alpha value is -1.26. The quantitative estimate of drug-likeness (QED) is 0.727. The van der Waals surface area contributed by atoms with Crippen molar-refractivity contribution in [2.75, 3.05) is 26.4 Å². The summed E-state index contributed by atoms with van der Waals surface area (Å²) in [5.41, 5.74) is 1.23. The molecule has 4 heteroatoms. The van der Waals surface area contributed by atoms with Crippen LogP contribution < -0.4 is 20.1 Å². The monoisotopic (exact) mass is 250 g/mol. The fourth-order valence-corrected chi connectivity index (χ4v) is 1.98. The smallest absolute Gasteiger partial charge is 0.231 e. The van der Waals surface area contributed by atoms with Crippen LogP contribution in [0.2, 0.25) is 0 Å². The van der Waals surface area contributed by atoms with E-state index in [0.717, 1.165) is 31.1 Å². The molecule has 0 saturated heterocycles. The standard InChI is InChI=1S/C14H22N2O2/c1-3-6-15-7-8-16-11(2)12-4-5-13-14(9-12)18-10-17-13/h4-5,9,11,15-16H,3,6-8,10H2,1-2H3. The molecule has 2 rings (SSSR count). The maximum absolute atomic E-state index is 5.38. The van der Waals surface area contributed by atoms with Crippen molar-refractivity contribution in [1.82, 2.24) is 10.6 Å². The summed E-state index contributed by atoms with van der Waals surface area (Å²) in [7, 11) is 0. The average molecular weight is 250 g/mol. The highest BCUT2D eigenvalue weighted by Gasteiger charge is 2.15. The molecule has 0 saturated carbocycles. The highest BCUT2D eigenvalue weighted by Crippen LogP contribution is 2.33. The van der Waals surface area contributed by atoms with Gasteiger partial charge in [-0.1, -0.05) is 13.0 Å². The molecule has 0 spiro atoms. The zero-order chi connectivity index (χ0) is 12.8. The third-order valence-corrected chi connectivity index (χ3v) is 3.08. The van der Waals surface area contributed by atoms with Crippen LogP contribution in [0.25, 0.3) is 0 Å². The van der Waals surface area contributed by atoms with Gasteiger partial charge in [-0.3, -0.25) is 0 Å². The van der Waals surface area contributed by atoms with E-state index in [9.17, 15) is 0 Å². The van der Waals surface area contributed by atoms with Gasteiger partial charge in [-0.25, -0.2) is 0 Å². The van der Waals surface area contributed by atoms with Gasteiger partial charge in [-0.2, -0.15) is 0 Å². The number of fused-ring (bicyclic) bond motifs is 1. The van der Waals surface area contributed by atoms with Crippen molar-refractivity contribution in [3.8, 4) is 11.5 Å². The Kier molecular flexibility index (Phi) is 4.84. The molecule has 1 aliphatic heterocycles. The molecule has 0 fully saturated rings. The van der Waals surface area contributed by atoms with Crippen LogP contribution in [0.1, 0.15) is 31.9 Å². The summed E-state index contributed by atoms with van der Waals surface area (Å²) in [4.78, 5) is 0. The molecular weight excluding hydrogens is 228 g/mol. The van der Waals surface area contributed by atoms with Gasteiger partial charge in [0, 0.05) is 19.1 Å². The first-order valence-electron chi connectivity index (χ1n) is 6.65. The van der Waals surface area contributed by atoms with Crippen molar-refractivity contribution in [3.63, 3.8) is 0 Å². The second kappa shape index (κ2) is 6.61. The van der Waals surface area contributed by atoms with E-state index >= 15 is 0 Å². The number of hydrogen-bond acceptors (Lipinski definition) is 4. The van der Waals surface area contributed by atoms with Crippen LogP contribution in [0.5, 0.6) is 11.5 Å². The predicted octanol–water partition coefficient (Wildman–Crippen LogP) is 2.07. The van der Waals surface area contributed by atoms with E-state index in [2.05, 4.69) is 36.6 Å². The van der Waals surface area contributed by atoms with E-state index in [1.165, 1.54) is 12.0 Å². The van der Waals surface area contributed by atoms with E-state index in [0.29, 0.717) is 12.8 Å². The van der Waals surface area contributed by atoms with Crippen LogP contribution in [0.4, 0.5) is 0 Å². The zero-order valence-corrected chi connectivity index (χ0v) is 11.2. The molecule has 1 unspecified atom stereocenters. The molecule has 0 amide bonds. The second-order valence-corrected chi connectivity index (χ2v) is 4.54. The van der Waals surface area contributed by atoms with Crippen molar-refractivity contribution in [2.24, 2.45) is 0 Å². The van der Waals surface area contributed by atoms with Crippen LogP contribution in [-0.2, 0) is 0 Å². The first-order valence-corrected chi connectivity index (χ1v) is 6.65. The van der Waals surface area contributed by atoms with Crippen LogP contribution in [0, 0.1) is 0 Å². The molecule has 0 bridgehead atoms. The zero-order valence-electron chi connectivity index (χ0n) is 11.2. The summed E-state index contributed by atoms with van der Waals surface area (Å²) in [6.07, 6.45) is 1.18. The van der Waals surface area contributed by atoms with E-state index in [4.69, 9.17) is 9.47 Å². The molecular formula is C14H22N2O2. The SMILES string of the molecule is CCCNCCNC(C)c1ccc2c(c1)OCO2. The normalized spacial score (nSPS) is 14.8. The third kappa shape index (κ3) is 3.37. The lowest BCUT2D eigenvalue weighted by Gasteiger charge is -2.15. The van der Waals surface area contributed by atoms with Crippen LogP contribution in [-0.4, -0.2) is 26.4 Å². The van der Waals surface area contributed by atoms with Gasteiger partial charge in [-0.05, 0) is 37.6 Å². The van der Waals surface area contributed by atoms with Gasteiger partial charge in [-0.15, -0.1) is 0 Å². The summed E-state index contributed by atoms with van der Waals surface area (Å²) in [5, 5.41) is 6.87.